The lowest BCUT2D eigenvalue weighted by Crippen LogP contribution is -2.73. The summed E-state index contributed by atoms with van der Waals surface area (Å²) in [4.78, 5) is 24.5. The summed E-state index contributed by atoms with van der Waals surface area (Å²) in [5.74, 6) is -59.6. The monoisotopic (exact) mass is 569 g/mol. The number of likely N-dealkylation sites (N-methyl/N-ethyl adjacent to an activating group) is 1. The van der Waals surface area contributed by atoms with E-state index in [9.17, 15) is 71.1 Å². The molecule has 0 aromatic heterocycles. The lowest BCUT2D eigenvalue weighted by molar-refractivity contribution is -0.437. The highest BCUT2D eigenvalue weighted by molar-refractivity contribution is 5.95. The van der Waals surface area contributed by atoms with Gasteiger partial charge in [0.2, 0.25) is 0 Å². The number of rotatable bonds is 8. The van der Waals surface area contributed by atoms with Gasteiger partial charge in [0.1, 0.15) is 6.04 Å². The Bertz CT molecular complexity index is 1070. The highest BCUT2D eigenvalue weighted by atomic mass is 19.4. The zero-order valence-electron chi connectivity index (χ0n) is 18.1. The molecule has 0 N–H and O–H groups in total. The van der Waals surface area contributed by atoms with Crippen LogP contribution in [0.5, 0.6) is 0 Å². The van der Waals surface area contributed by atoms with Gasteiger partial charge in [0, 0.05) is 26.1 Å². The van der Waals surface area contributed by atoms with Crippen LogP contribution in [0.25, 0.3) is 0 Å². The summed E-state index contributed by atoms with van der Waals surface area (Å²) in [7, 11) is 1.12. The Morgan fingerprint density at radius 3 is 1.65 bits per heavy atom. The fraction of sp³-hybridized carbons (Fsp3) is 0.579. The van der Waals surface area contributed by atoms with Gasteiger partial charge in [0.25, 0.3) is 0 Å². The van der Waals surface area contributed by atoms with E-state index in [1.54, 1.807) is 0 Å². The number of esters is 2. The third-order valence-electron chi connectivity index (χ3n) is 5.50. The van der Waals surface area contributed by atoms with Gasteiger partial charge in [-0.05, 0) is 11.6 Å². The Labute approximate surface area is 197 Å². The normalized spacial score (nSPS) is 18.1. The second kappa shape index (κ2) is 8.61. The number of benzene rings is 1. The van der Waals surface area contributed by atoms with Crippen LogP contribution >= 0.6 is 0 Å². The molecule has 1 aromatic carbocycles. The molecular weight excluding hydrogens is 556 g/mol. The Morgan fingerprint density at radius 1 is 0.757 bits per heavy atom. The average molecular weight is 569 g/mol. The molecular formula is C19H13F14NO3. The van der Waals surface area contributed by atoms with Crippen molar-refractivity contribution in [2.45, 2.75) is 60.8 Å². The van der Waals surface area contributed by atoms with Crippen molar-refractivity contribution in [3.8, 4) is 0 Å². The summed E-state index contributed by atoms with van der Waals surface area (Å²) in [6.07, 6.45) is -0.401. The fourth-order valence-electron chi connectivity index (χ4n) is 3.20. The number of hydrogen-bond acceptors (Lipinski definition) is 4. The van der Waals surface area contributed by atoms with E-state index in [1.807, 2.05) is 0 Å². The van der Waals surface area contributed by atoms with Crippen LogP contribution in [0, 0.1) is 0 Å². The van der Waals surface area contributed by atoms with Crippen molar-refractivity contribution in [2.24, 2.45) is 0 Å². The van der Waals surface area contributed by atoms with E-state index in [1.165, 1.54) is 24.3 Å². The molecule has 210 valence electrons. The van der Waals surface area contributed by atoms with E-state index in [0.717, 1.165) is 11.9 Å². The molecule has 0 radical (unpaired) electrons. The second-order valence-corrected chi connectivity index (χ2v) is 8.00. The van der Waals surface area contributed by atoms with Gasteiger partial charge in [-0.2, -0.15) is 61.5 Å². The first-order chi connectivity index (χ1) is 16.3. The fourth-order valence-corrected chi connectivity index (χ4v) is 3.20. The molecule has 37 heavy (non-hydrogen) atoms. The summed E-state index contributed by atoms with van der Waals surface area (Å²) in [6, 6.07) is 3.92. The molecule has 0 fully saturated rings. The molecule has 1 heterocycles. The van der Waals surface area contributed by atoms with Gasteiger partial charge in [0.15, 0.2) is 0 Å². The number of alkyl halides is 14. The molecule has 1 aliphatic heterocycles. The van der Waals surface area contributed by atoms with Crippen molar-refractivity contribution in [2.75, 3.05) is 11.9 Å². The van der Waals surface area contributed by atoms with E-state index in [2.05, 4.69) is 4.74 Å². The van der Waals surface area contributed by atoms with Gasteiger partial charge >= 0.3 is 53.4 Å². The minimum atomic E-state index is -8.31. The van der Waals surface area contributed by atoms with Gasteiger partial charge in [-0.25, -0.2) is 9.59 Å². The third-order valence-corrected chi connectivity index (χ3v) is 5.50. The van der Waals surface area contributed by atoms with E-state index in [0.29, 0.717) is 5.56 Å². The largest absolute Gasteiger partial charge is 0.411 e. The molecule has 0 spiro atoms. The lowest BCUT2D eigenvalue weighted by Gasteiger charge is -2.41. The molecule has 0 saturated carbocycles. The van der Waals surface area contributed by atoms with E-state index in [4.69, 9.17) is 0 Å². The summed E-state index contributed by atoms with van der Waals surface area (Å²) < 4.78 is 193. The van der Waals surface area contributed by atoms with Crippen LogP contribution in [0.2, 0.25) is 0 Å². The Balaban J connectivity index is 2.38. The topological polar surface area (TPSA) is 46.6 Å². The van der Waals surface area contributed by atoms with Crippen LogP contribution in [0.4, 0.5) is 67.2 Å². The SMILES string of the molecule is CN1c2ccccc2CC1C(=O)OC(=O)C(F)(F)C(F)(F)C(F)(F)C(F)(F)C(F)(F)C(F)(F)C(C)(F)F. The van der Waals surface area contributed by atoms with Gasteiger partial charge in [-0.15, -0.1) is 0 Å². The maximum Gasteiger partial charge on any atom is 0.411 e. The number of carbonyl (C=O) groups excluding carboxylic acids is 2. The first-order valence-electron chi connectivity index (χ1n) is 9.52. The summed E-state index contributed by atoms with van der Waals surface area (Å²) in [5.41, 5.74) is 0.578. The molecule has 1 aromatic rings. The van der Waals surface area contributed by atoms with Crippen molar-refractivity contribution in [1.82, 2.24) is 0 Å². The van der Waals surface area contributed by atoms with Gasteiger partial charge in [-0.3, -0.25) is 0 Å². The van der Waals surface area contributed by atoms with Crippen LogP contribution in [-0.2, 0) is 20.7 Å². The van der Waals surface area contributed by atoms with Crippen molar-refractivity contribution < 1.29 is 75.8 Å². The van der Waals surface area contributed by atoms with E-state index < -0.39 is 72.8 Å². The summed E-state index contributed by atoms with van der Waals surface area (Å²) in [5, 5.41) is 0. The maximum absolute atomic E-state index is 14.0. The van der Waals surface area contributed by atoms with Crippen LogP contribution < -0.4 is 4.90 Å². The molecule has 2 rings (SSSR count). The predicted molar refractivity (Wildman–Crippen MR) is 93.7 cm³/mol. The predicted octanol–water partition coefficient (Wildman–Crippen LogP) is 5.58. The second-order valence-electron chi connectivity index (χ2n) is 8.00. The summed E-state index contributed by atoms with van der Waals surface area (Å²) >= 11 is 0. The average Bonchev–Trinajstić information content (AvgIpc) is 3.09. The van der Waals surface area contributed by atoms with Gasteiger partial charge < -0.3 is 9.64 Å². The van der Waals surface area contributed by atoms with Crippen LogP contribution in [0.3, 0.4) is 0 Å². The first kappa shape index (κ1) is 30.4. The third kappa shape index (κ3) is 4.15. The quantitative estimate of drug-likeness (QED) is 0.233. The van der Waals surface area contributed by atoms with E-state index >= 15 is 0 Å². The van der Waals surface area contributed by atoms with Crippen LogP contribution in [0.15, 0.2) is 24.3 Å². The van der Waals surface area contributed by atoms with Crippen LogP contribution in [0.1, 0.15) is 12.5 Å². The molecule has 0 saturated heterocycles. The Morgan fingerprint density at radius 2 is 1.19 bits per heavy atom. The molecule has 0 bridgehead atoms. The Kier molecular flexibility index (Phi) is 7.07. The number of halogens is 14. The minimum Gasteiger partial charge on any atom is -0.387 e. The molecule has 0 aliphatic carbocycles. The zero-order valence-corrected chi connectivity index (χ0v) is 18.1. The van der Waals surface area contributed by atoms with Gasteiger partial charge in [0.05, 0.1) is 0 Å². The maximum atomic E-state index is 14.0. The van der Waals surface area contributed by atoms with Crippen molar-refractivity contribution in [3.63, 3.8) is 0 Å². The Hall–Kier alpha value is -2.82. The van der Waals surface area contributed by atoms with E-state index in [-0.39, 0.29) is 5.69 Å². The van der Waals surface area contributed by atoms with Crippen molar-refractivity contribution in [3.05, 3.63) is 29.8 Å². The molecule has 1 atom stereocenters. The molecule has 1 unspecified atom stereocenters. The molecule has 1 aliphatic rings. The molecule has 0 amide bonds. The lowest BCUT2D eigenvalue weighted by atomic mass is 9.89. The van der Waals surface area contributed by atoms with Crippen molar-refractivity contribution >= 4 is 17.6 Å². The number of nitrogens with zero attached hydrogens (tertiary/aromatic N) is 1. The number of carbonyl (C=O) groups is 2. The molecule has 18 heteroatoms. The van der Waals surface area contributed by atoms with Gasteiger partial charge in [-0.1, -0.05) is 18.2 Å². The minimum absolute atomic E-state index is 0.246. The van der Waals surface area contributed by atoms with Crippen LogP contribution in [-0.4, -0.2) is 66.5 Å². The highest BCUT2D eigenvalue weighted by Crippen LogP contribution is 2.62. The smallest absolute Gasteiger partial charge is 0.387 e. The number of ether oxygens (including phenoxy) is 1. The summed E-state index contributed by atoms with van der Waals surface area (Å²) in [6.45, 7) is -1.16. The number of anilines is 1. The zero-order chi connectivity index (χ0) is 29.2. The standard InChI is InChI=1S/C19H13F14NO3/c1-13(20,21)15(24,25)17(28,29)19(32,33)18(30,31)16(26,27)14(22,23)12(36)37-11(35)10-7-8-5-3-4-6-9(8)34(10)2/h3-6,10H,7H2,1-2H3. The van der Waals surface area contributed by atoms with Crippen molar-refractivity contribution in [1.29, 1.82) is 0 Å². The number of fused-ring (bicyclic) bond motifs is 1. The highest BCUT2D eigenvalue weighted by Gasteiger charge is 2.93. The molecule has 4 nitrogen and oxygen atoms in total. The number of hydrogen-bond donors (Lipinski definition) is 0. The number of para-hydroxylation sites is 1. The first-order valence-corrected chi connectivity index (χ1v) is 9.52.